The van der Waals surface area contributed by atoms with Gasteiger partial charge in [-0.2, -0.15) is 5.26 Å². The molecule has 2 aromatic rings. The normalized spacial score (nSPS) is 10.8. The van der Waals surface area contributed by atoms with Crippen LogP contribution in [-0.2, 0) is 0 Å². The van der Waals surface area contributed by atoms with Crippen LogP contribution in [0.5, 0.6) is 11.5 Å². The molecule has 0 spiro atoms. The Hall–Kier alpha value is -2.58. The van der Waals surface area contributed by atoms with Crippen LogP contribution in [0.4, 0.5) is 4.39 Å². The molecule has 0 aliphatic rings. The van der Waals surface area contributed by atoms with Gasteiger partial charge in [-0.25, -0.2) is 4.39 Å². The molecule has 0 fully saturated rings. The van der Waals surface area contributed by atoms with E-state index in [1.165, 1.54) is 19.2 Å². The standard InChI is InChI=1S/C19H15BrFNO2/c1-3-7-24-19-11-17(20)14(10-18(19)23-2)8-15(12-22)13-5-4-6-16(21)9-13/h3-6,8-11H,1,7H2,2H3. The highest BCUT2D eigenvalue weighted by Crippen LogP contribution is 2.35. The number of ether oxygens (including phenoxy) is 2. The molecular weight excluding hydrogens is 373 g/mol. The highest BCUT2D eigenvalue weighted by Gasteiger charge is 2.11. The number of hydrogen-bond acceptors (Lipinski definition) is 3. The summed E-state index contributed by atoms with van der Waals surface area (Å²) in [5, 5.41) is 9.40. The van der Waals surface area contributed by atoms with E-state index >= 15 is 0 Å². The lowest BCUT2D eigenvalue weighted by atomic mass is 10.0. The molecule has 0 aromatic heterocycles. The number of hydrogen-bond donors (Lipinski definition) is 0. The molecule has 0 unspecified atom stereocenters. The van der Waals surface area contributed by atoms with Gasteiger partial charge in [-0.05, 0) is 41.5 Å². The quantitative estimate of drug-likeness (QED) is 0.387. The number of rotatable bonds is 6. The molecule has 0 atom stereocenters. The van der Waals surface area contributed by atoms with Gasteiger partial charge in [-0.3, -0.25) is 0 Å². The summed E-state index contributed by atoms with van der Waals surface area (Å²) >= 11 is 3.46. The number of benzene rings is 2. The van der Waals surface area contributed by atoms with Gasteiger partial charge in [0.2, 0.25) is 0 Å². The number of nitrogens with zero attached hydrogens (tertiary/aromatic N) is 1. The van der Waals surface area contributed by atoms with Gasteiger partial charge in [0.05, 0.1) is 18.8 Å². The van der Waals surface area contributed by atoms with Crippen molar-refractivity contribution in [3.63, 3.8) is 0 Å². The Morgan fingerprint density at radius 2 is 2.12 bits per heavy atom. The Balaban J connectivity index is 2.47. The van der Waals surface area contributed by atoms with Gasteiger partial charge >= 0.3 is 0 Å². The molecule has 0 N–H and O–H groups in total. The first-order valence-electron chi connectivity index (χ1n) is 7.08. The number of methoxy groups -OCH3 is 1. The topological polar surface area (TPSA) is 42.2 Å². The van der Waals surface area contributed by atoms with Gasteiger partial charge < -0.3 is 9.47 Å². The van der Waals surface area contributed by atoms with Crippen LogP contribution in [0.2, 0.25) is 0 Å². The summed E-state index contributed by atoms with van der Waals surface area (Å²) in [6.45, 7) is 3.96. The van der Waals surface area contributed by atoms with E-state index in [9.17, 15) is 9.65 Å². The molecule has 0 aliphatic carbocycles. The predicted molar refractivity (Wildman–Crippen MR) is 96.3 cm³/mol. The van der Waals surface area contributed by atoms with E-state index in [0.717, 1.165) is 10.0 Å². The molecule has 2 aromatic carbocycles. The van der Waals surface area contributed by atoms with Gasteiger partial charge in [-0.15, -0.1) is 0 Å². The molecule has 5 heteroatoms. The minimum Gasteiger partial charge on any atom is -0.493 e. The second-order valence-electron chi connectivity index (χ2n) is 4.80. The van der Waals surface area contributed by atoms with E-state index in [2.05, 4.69) is 28.6 Å². The van der Waals surface area contributed by atoms with Crippen molar-refractivity contribution in [3.05, 3.63) is 70.5 Å². The lowest BCUT2D eigenvalue weighted by molar-refractivity contribution is 0.326. The Morgan fingerprint density at radius 1 is 1.33 bits per heavy atom. The largest absolute Gasteiger partial charge is 0.493 e. The van der Waals surface area contributed by atoms with Crippen LogP contribution in [0.1, 0.15) is 11.1 Å². The summed E-state index contributed by atoms with van der Waals surface area (Å²) in [7, 11) is 1.54. The second kappa shape index (κ2) is 8.32. The zero-order valence-electron chi connectivity index (χ0n) is 13.1. The average molecular weight is 388 g/mol. The van der Waals surface area contributed by atoms with Crippen molar-refractivity contribution in [2.24, 2.45) is 0 Å². The van der Waals surface area contributed by atoms with Crippen LogP contribution in [0, 0.1) is 17.1 Å². The second-order valence-corrected chi connectivity index (χ2v) is 5.66. The van der Waals surface area contributed by atoms with E-state index in [4.69, 9.17) is 9.47 Å². The molecule has 3 nitrogen and oxygen atoms in total. The summed E-state index contributed by atoms with van der Waals surface area (Å²) in [5.41, 5.74) is 1.57. The Kier molecular flexibility index (Phi) is 6.16. The van der Waals surface area contributed by atoms with Crippen molar-refractivity contribution in [1.29, 1.82) is 5.26 Å². The molecular formula is C19H15BrFNO2. The number of nitriles is 1. The van der Waals surface area contributed by atoms with E-state index in [1.807, 2.05) is 0 Å². The molecule has 122 valence electrons. The summed E-state index contributed by atoms with van der Waals surface area (Å²) in [4.78, 5) is 0. The number of allylic oxidation sites excluding steroid dienone is 1. The summed E-state index contributed by atoms with van der Waals surface area (Å²) in [6.07, 6.45) is 3.30. The smallest absolute Gasteiger partial charge is 0.162 e. The van der Waals surface area contributed by atoms with Gasteiger partial charge in [0.1, 0.15) is 12.4 Å². The van der Waals surface area contributed by atoms with Crippen LogP contribution in [0.3, 0.4) is 0 Å². The van der Waals surface area contributed by atoms with Crippen LogP contribution in [0.15, 0.2) is 53.5 Å². The Morgan fingerprint density at radius 3 is 2.75 bits per heavy atom. The molecule has 0 radical (unpaired) electrons. The van der Waals surface area contributed by atoms with Crippen LogP contribution in [0.25, 0.3) is 11.6 Å². The Labute approximate surface area is 148 Å². The van der Waals surface area contributed by atoms with Gasteiger partial charge in [0.25, 0.3) is 0 Å². The molecule has 2 rings (SSSR count). The molecule has 0 bridgehead atoms. The first-order chi connectivity index (χ1) is 11.6. The van der Waals surface area contributed by atoms with E-state index in [1.54, 1.807) is 36.4 Å². The molecule has 0 aliphatic heterocycles. The van der Waals surface area contributed by atoms with Crippen molar-refractivity contribution in [2.45, 2.75) is 0 Å². The molecule has 0 heterocycles. The maximum absolute atomic E-state index is 13.4. The summed E-state index contributed by atoms with van der Waals surface area (Å²) in [6, 6.07) is 11.5. The maximum atomic E-state index is 13.4. The van der Waals surface area contributed by atoms with Crippen molar-refractivity contribution in [3.8, 4) is 17.6 Å². The van der Waals surface area contributed by atoms with E-state index in [-0.39, 0.29) is 0 Å². The van der Waals surface area contributed by atoms with Gasteiger partial charge in [0, 0.05) is 4.47 Å². The third-order valence-corrected chi connectivity index (χ3v) is 3.88. The molecule has 0 saturated heterocycles. The third-order valence-electron chi connectivity index (χ3n) is 3.20. The fourth-order valence-electron chi connectivity index (χ4n) is 2.07. The Bertz CT molecular complexity index is 825. The first-order valence-corrected chi connectivity index (χ1v) is 7.87. The highest BCUT2D eigenvalue weighted by molar-refractivity contribution is 9.10. The maximum Gasteiger partial charge on any atom is 0.162 e. The van der Waals surface area contributed by atoms with Crippen molar-refractivity contribution >= 4 is 27.6 Å². The number of halogens is 2. The van der Waals surface area contributed by atoms with E-state index < -0.39 is 5.82 Å². The van der Waals surface area contributed by atoms with Crippen molar-refractivity contribution in [1.82, 2.24) is 0 Å². The zero-order valence-corrected chi connectivity index (χ0v) is 14.6. The van der Waals surface area contributed by atoms with Crippen molar-refractivity contribution < 1.29 is 13.9 Å². The van der Waals surface area contributed by atoms with Crippen LogP contribution < -0.4 is 9.47 Å². The molecule has 24 heavy (non-hydrogen) atoms. The third kappa shape index (κ3) is 4.24. The predicted octanol–water partition coefficient (Wildman–Crippen LogP) is 5.23. The monoisotopic (exact) mass is 387 g/mol. The highest BCUT2D eigenvalue weighted by atomic mass is 79.9. The molecule has 0 saturated carbocycles. The first kappa shape index (κ1) is 17.8. The molecule has 0 amide bonds. The van der Waals surface area contributed by atoms with Crippen LogP contribution in [-0.4, -0.2) is 13.7 Å². The van der Waals surface area contributed by atoms with Gasteiger partial charge in [0.15, 0.2) is 11.5 Å². The SMILES string of the molecule is C=CCOc1cc(Br)c(C=C(C#N)c2cccc(F)c2)cc1OC. The minimum absolute atomic E-state index is 0.344. The average Bonchev–Trinajstić information content (AvgIpc) is 2.59. The van der Waals surface area contributed by atoms with Gasteiger partial charge in [-0.1, -0.05) is 40.7 Å². The fraction of sp³-hybridized carbons (Fsp3) is 0.105. The van der Waals surface area contributed by atoms with Crippen molar-refractivity contribution in [2.75, 3.05) is 13.7 Å². The lowest BCUT2D eigenvalue weighted by Gasteiger charge is -2.12. The minimum atomic E-state index is -0.390. The summed E-state index contributed by atoms with van der Waals surface area (Å²) < 4.78 is 25.0. The summed E-state index contributed by atoms with van der Waals surface area (Å²) in [5.74, 6) is 0.701. The lowest BCUT2D eigenvalue weighted by Crippen LogP contribution is -1.97. The zero-order chi connectivity index (χ0) is 17.5. The van der Waals surface area contributed by atoms with E-state index in [0.29, 0.717) is 29.2 Å². The van der Waals surface area contributed by atoms with Crippen LogP contribution >= 0.6 is 15.9 Å². The fourth-order valence-corrected chi connectivity index (χ4v) is 2.51.